The molecule has 20 heavy (non-hydrogen) atoms. The molecule has 1 aliphatic heterocycles. The van der Waals surface area contributed by atoms with Gasteiger partial charge in [-0.1, -0.05) is 30.7 Å². The molecule has 0 spiro atoms. The summed E-state index contributed by atoms with van der Waals surface area (Å²) in [5.41, 5.74) is 4.13. The third-order valence-electron chi connectivity index (χ3n) is 4.39. The van der Waals surface area contributed by atoms with Crippen LogP contribution in [0.3, 0.4) is 0 Å². The van der Waals surface area contributed by atoms with Crippen LogP contribution in [0.1, 0.15) is 36.1 Å². The van der Waals surface area contributed by atoms with Gasteiger partial charge in [0, 0.05) is 25.2 Å². The molecule has 1 aliphatic rings. The minimum Gasteiger partial charge on any atom is -0.378 e. The van der Waals surface area contributed by atoms with Gasteiger partial charge in [0.25, 0.3) is 0 Å². The maximum Gasteiger partial charge on any atom is 0.0622 e. The van der Waals surface area contributed by atoms with Gasteiger partial charge in [0.1, 0.15) is 0 Å². The number of benzene rings is 1. The summed E-state index contributed by atoms with van der Waals surface area (Å²) in [5.74, 6) is 0. The number of ether oxygens (including phenoxy) is 1. The zero-order valence-electron chi connectivity index (χ0n) is 13.3. The Labute approximate surface area is 123 Å². The second kappa shape index (κ2) is 7.21. The smallest absolute Gasteiger partial charge is 0.0622 e. The van der Waals surface area contributed by atoms with Crippen LogP contribution in [-0.2, 0) is 4.74 Å². The zero-order valence-corrected chi connectivity index (χ0v) is 13.3. The summed E-state index contributed by atoms with van der Waals surface area (Å²) in [4.78, 5) is 2.57. The molecule has 112 valence electrons. The quantitative estimate of drug-likeness (QED) is 0.895. The summed E-state index contributed by atoms with van der Waals surface area (Å²) in [7, 11) is 2.06. The van der Waals surface area contributed by atoms with Crippen LogP contribution in [0.15, 0.2) is 18.2 Å². The normalized spacial score (nSPS) is 21.9. The summed E-state index contributed by atoms with van der Waals surface area (Å²) in [6.45, 7) is 10.4. The first kappa shape index (κ1) is 15.5. The van der Waals surface area contributed by atoms with Crippen molar-refractivity contribution in [1.29, 1.82) is 0 Å². The minimum absolute atomic E-state index is 0.391. The molecular formula is C17H28N2O. The number of morpholine rings is 1. The predicted molar refractivity (Wildman–Crippen MR) is 84.2 cm³/mol. The van der Waals surface area contributed by atoms with Crippen LogP contribution in [0, 0.1) is 13.8 Å². The van der Waals surface area contributed by atoms with E-state index in [2.05, 4.69) is 56.2 Å². The van der Waals surface area contributed by atoms with Gasteiger partial charge in [0.05, 0.1) is 13.2 Å². The first-order valence-corrected chi connectivity index (χ1v) is 7.72. The molecule has 1 fully saturated rings. The number of nitrogens with zero attached hydrogens (tertiary/aromatic N) is 1. The van der Waals surface area contributed by atoms with Crippen LogP contribution in [-0.4, -0.2) is 44.3 Å². The number of hydrogen-bond donors (Lipinski definition) is 1. The lowest BCUT2D eigenvalue weighted by Gasteiger charge is -2.37. The molecule has 3 nitrogen and oxygen atoms in total. The molecule has 0 radical (unpaired) electrons. The molecule has 0 amide bonds. The first-order chi connectivity index (χ1) is 9.65. The Hall–Kier alpha value is -0.900. The topological polar surface area (TPSA) is 24.5 Å². The Balaban J connectivity index is 2.11. The van der Waals surface area contributed by atoms with Crippen LogP contribution >= 0.6 is 0 Å². The van der Waals surface area contributed by atoms with Gasteiger partial charge in [0.2, 0.25) is 0 Å². The number of aryl methyl sites for hydroxylation is 2. The highest BCUT2D eigenvalue weighted by atomic mass is 16.5. The average Bonchev–Trinajstić information content (AvgIpc) is 2.46. The lowest BCUT2D eigenvalue weighted by molar-refractivity contribution is -0.0124. The van der Waals surface area contributed by atoms with Gasteiger partial charge in [0.15, 0.2) is 0 Å². The minimum atomic E-state index is 0.391. The van der Waals surface area contributed by atoms with E-state index in [0.717, 1.165) is 32.7 Å². The lowest BCUT2D eigenvalue weighted by Crippen LogP contribution is -2.48. The fourth-order valence-electron chi connectivity index (χ4n) is 3.10. The molecule has 2 unspecified atom stereocenters. The molecule has 0 saturated carbocycles. The van der Waals surface area contributed by atoms with Crippen molar-refractivity contribution >= 4 is 0 Å². The fraction of sp³-hybridized carbons (Fsp3) is 0.647. The van der Waals surface area contributed by atoms with Crippen molar-refractivity contribution in [3.63, 3.8) is 0 Å². The fourth-order valence-corrected chi connectivity index (χ4v) is 3.10. The van der Waals surface area contributed by atoms with Gasteiger partial charge in [-0.3, -0.25) is 4.90 Å². The molecule has 0 aliphatic carbocycles. The molecule has 3 heteroatoms. The van der Waals surface area contributed by atoms with E-state index < -0.39 is 0 Å². The van der Waals surface area contributed by atoms with E-state index in [1.54, 1.807) is 0 Å². The van der Waals surface area contributed by atoms with Crippen molar-refractivity contribution in [2.24, 2.45) is 0 Å². The van der Waals surface area contributed by atoms with E-state index in [1.165, 1.54) is 16.7 Å². The van der Waals surface area contributed by atoms with Gasteiger partial charge in [-0.15, -0.1) is 0 Å². The van der Waals surface area contributed by atoms with E-state index in [-0.39, 0.29) is 0 Å². The standard InChI is InChI=1S/C17H28N2O/c1-5-15-12-20-9-8-19(15)11-17(18-4)16-7-6-13(2)10-14(16)3/h6-7,10,15,17-18H,5,8-9,11-12H2,1-4H3. The highest BCUT2D eigenvalue weighted by Crippen LogP contribution is 2.22. The van der Waals surface area contributed by atoms with Crippen molar-refractivity contribution in [2.45, 2.75) is 39.3 Å². The van der Waals surface area contributed by atoms with Crippen molar-refractivity contribution in [3.8, 4) is 0 Å². The maximum absolute atomic E-state index is 5.60. The second-order valence-electron chi connectivity index (χ2n) is 5.83. The largest absolute Gasteiger partial charge is 0.378 e. The van der Waals surface area contributed by atoms with Gasteiger partial charge in [-0.2, -0.15) is 0 Å². The van der Waals surface area contributed by atoms with Gasteiger partial charge in [-0.25, -0.2) is 0 Å². The summed E-state index contributed by atoms with van der Waals surface area (Å²) in [6.07, 6.45) is 1.16. The second-order valence-corrected chi connectivity index (χ2v) is 5.83. The number of hydrogen-bond acceptors (Lipinski definition) is 3. The molecule has 0 aromatic heterocycles. The summed E-state index contributed by atoms with van der Waals surface area (Å²) in [6, 6.07) is 7.71. The average molecular weight is 276 g/mol. The summed E-state index contributed by atoms with van der Waals surface area (Å²) in [5, 5.41) is 3.49. The Morgan fingerprint density at radius 2 is 2.20 bits per heavy atom. The first-order valence-electron chi connectivity index (χ1n) is 7.72. The molecule has 2 rings (SSSR count). The van der Waals surface area contributed by atoms with E-state index >= 15 is 0 Å². The predicted octanol–water partition coefficient (Wildman–Crippen LogP) is 2.67. The SMILES string of the molecule is CCC1COCCN1CC(NC)c1ccc(C)cc1C. The highest BCUT2D eigenvalue weighted by Gasteiger charge is 2.24. The number of rotatable bonds is 5. The van der Waals surface area contributed by atoms with Gasteiger partial charge < -0.3 is 10.1 Å². The van der Waals surface area contributed by atoms with Gasteiger partial charge in [-0.05, 0) is 38.4 Å². The van der Waals surface area contributed by atoms with Crippen molar-refractivity contribution in [3.05, 3.63) is 34.9 Å². The Morgan fingerprint density at radius 1 is 1.40 bits per heavy atom. The number of likely N-dealkylation sites (N-methyl/N-ethyl adjacent to an activating group) is 1. The van der Waals surface area contributed by atoms with Crippen molar-refractivity contribution in [1.82, 2.24) is 10.2 Å². The highest BCUT2D eigenvalue weighted by molar-refractivity contribution is 5.33. The maximum atomic E-state index is 5.60. The van der Waals surface area contributed by atoms with Gasteiger partial charge >= 0.3 is 0 Å². The van der Waals surface area contributed by atoms with Crippen LogP contribution in [0.5, 0.6) is 0 Å². The van der Waals surface area contributed by atoms with Crippen LogP contribution in [0.4, 0.5) is 0 Å². The zero-order chi connectivity index (χ0) is 14.5. The molecular weight excluding hydrogens is 248 g/mol. The molecule has 1 heterocycles. The summed E-state index contributed by atoms with van der Waals surface area (Å²) >= 11 is 0. The summed E-state index contributed by atoms with van der Waals surface area (Å²) < 4.78 is 5.60. The van der Waals surface area contributed by atoms with E-state index in [1.807, 2.05) is 0 Å². The molecule has 1 N–H and O–H groups in total. The monoisotopic (exact) mass is 276 g/mol. The Bertz CT molecular complexity index is 433. The van der Waals surface area contributed by atoms with E-state index in [4.69, 9.17) is 4.74 Å². The van der Waals surface area contributed by atoms with E-state index in [0.29, 0.717) is 12.1 Å². The molecule has 1 saturated heterocycles. The molecule has 1 aromatic rings. The lowest BCUT2D eigenvalue weighted by atomic mass is 9.98. The van der Waals surface area contributed by atoms with Crippen molar-refractivity contribution in [2.75, 3.05) is 33.4 Å². The van der Waals surface area contributed by atoms with Crippen LogP contribution in [0.25, 0.3) is 0 Å². The number of nitrogens with one attached hydrogen (secondary N) is 1. The third kappa shape index (κ3) is 3.60. The molecule has 2 atom stereocenters. The molecule has 1 aromatic carbocycles. The Kier molecular flexibility index (Phi) is 5.58. The van der Waals surface area contributed by atoms with E-state index in [9.17, 15) is 0 Å². The Morgan fingerprint density at radius 3 is 2.85 bits per heavy atom. The van der Waals surface area contributed by atoms with Crippen LogP contribution in [0.2, 0.25) is 0 Å². The molecule has 0 bridgehead atoms. The van der Waals surface area contributed by atoms with Crippen LogP contribution < -0.4 is 5.32 Å². The van der Waals surface area contributed by atoms with Crippen molar-refractivity contribution < 1.29 is 4.74 Å². The third-order valence-corrected chi connectivity index (χ3v) is 4.39.